The van der Waals surface area contributed by atoms with Gasteiger partial charge in [-0.05, 0) is 56.2 Å². The third-order valence-electron chi connectivity index (χ3n) is 6.62. The van der Waals surface area contributed by atoms with Gasteiger partial charge in [-0.3, -0.25) is 9.78 Å². The number of hydrogen-bond donors (Lipinski definition) is 0. The molecule has 2 atom stereocenters. The summed E-state index contributed by atoms with van der Waals surface area (Å²) in [5.41, 5.74) is 3.42. The number of aromatic nitrogens is 1. The topological polar surface area (TPSA) is 62.7 Å². The van der Waals surface area contributed by atoms with E-state index < -0.39 is 0 Å². The molecule has 1 fully saturated rings. The maximum Gasteiger partial charge on any atom is 0.409 e. The lowest BCUT2D eigenvalue weighted by atomic mass is 9.84. The molecule has 1 saturated heterocycles. The van der Waals surface area contributed by atoms with Crippen molar-refractivity contribution in [1.29, 1.82) is 0 Å². The molecule has 2 aliphatic rings. The molecule has 182 valence electrons. The van der Waals surface area contributed by atoms with Crippen LogP contribution in [-0.4, -0.2) is 59.1 Å². The second kappa shape index (κ2) is 11.3. The van der Waals surface area contributed by atoms with Crippen LogP contribution in [-0.2, 0) is 17.6 Å². The molecule has 0 N–H and O–H groups in total. The van der Waals surface area contributed by atoms with E-state index in [0.29, 0.717) is 37.7 Å². The first-order valence-electron chi connectivity index (χ1n) is 11.7. The number of piperazine rings is 1. The van der Waals surface area contributed by atoms with Crippen molar-refractivity contribution in [3.63, 3.8) is 0 Å². The zero-order chi connectivity index (χ0) is 23.5. The Morgan fingerprint density at radius 3 is 2.82 bits per heavy atom. The molecule has 1 aliphatic carbocycles. The van der Waals surface area contributed by atoms with E-state index in [-0.39, 0.29) is 31.5 Å². The first-order chi connectivity index (χ1) is 15.9. The highest BCUT2D eigenvalue weighted by Crippen LogP contribution is 2.35. The van der Waals surface area contributed by atoms with E-state index in [1.807, 2.05) is 36.9 Å². The predicted octanol–water partition coefficient (Wildman–Crippen LogP) is 4.82. The van der Waals surface area contributed by atoms with Gasteiger partial charge >= 0.3 is 6.09 Å². The number of fused-ring (bicyclic) bond motifs is 2. The van der Waals surface area contributed by atoms with Gasteiger partial charge in [-0.25, -0.2) is 4.79 Å². The van der Waals surface area contributed by atoms with Crippen LogP contribution >= 0.6 is 25.1 Å². The van der Waals surface area contributed by atoms with E-state index in [1.54, 1.807) is 4.90 Å². The summed E-state index contributed by atoms with van der Waals surface area (Å²) in [5.74, 6) is 3.12. The standard InChI is InChI=1S/C26H30ClN3O3.H2S/c1-4-6-18-7-9-20-22(14-18)28-23-15-19(8-10-21(23)24(20)27)25(31)30-12-11-29(16-17(30)3)26(32)33-13-5-2;/h1,8,10,15,17-18H,5-7,9,11-14,16H2,2-3H3;1H2/t17-,18?;/m0./s1. The van der Waals surface area contributed by atoms with Gasteiger partial charge < -0.3 is 14.5 Å². The number of hydrogen-bond acceptors (Lipinski definition) is 4. The number of ether oxygens (including phenoxy) is 1. The Hall–Kier alpha value is -2.43. The van der Waals surface area contributed by atoms with Gasteiger partial charge in [0.05, 0.1) is 17.1 Å². The summed E-state index contributed by atoms with van der Waals surface area (Å²) in [6, 6.07) is 5.45. The first-order valence-corrected chi connectivity index (χ1v) is 12.1. The second-order valence-corrected chi connectivity index (χ2v) is 9.39. The molecule has 6 nitrogen and oxygen atoms in total. The van der Waals surface area contributed by atoms with E-state index in [4.69, 9.17) is 27.7 Å². The molecule has 4 rings (SSSR count). The highest BCUT2D eigenvalue weighted by Gasteiger charge is 2.31. The monoisotopic (exact) mass is 501 g/mol. The van der Waals surface area contributed by atoms with Crippen molar-refractivity contribution in [3.05, 3.63) is 40.0 Å². The minimum Gasteiger partial charge on any atom is -0.449 e. The average molecular weight is 502 g/mol. The third-order valence-corrected chi connectivity index (χ3v) is 7.05. The van der Waals surface area contributed by atoms with Crippen LogP contribution in [0, 0.1) is 18.3 Å². The van der Waals surface area contributed by atoms with Crippen molar-refractivity contribution in [1.82, 2.24) is 14.8 Å². The molecule has 2 aromatic rings. The largest absolute Gasteiger partial charge is 0.449 e. The minimum absolute atomic E-state index is 0. The fraction of sp³-hybridized carbons (Fsp3) is 0.500. The van der Waals surface area contributed by atoms with Crippen LogP contribution in [0.25, 0.3) is 10.9 Å². The molecular weight excluding hydrogens is 470 g/mol. The predicted molar refractivity (Wildman–Crippen MR) is 140 cm³/mol. The third kappa shape index (κ3) is 5.29. The number of carbonyl (C=O) groups is 2. The molecule has 2 heterocycles. The maximum absolute atomic E-state index is 13.3. The van der Waals surface area contributed by atoms with Gasteiger partial charge in [-0.1, -0.05) is 24.6 Å². The Morgan fingerprint density at radius 2 is 2.12 bits per heavy atom. The number of nitrogens with zero attached hydrogens (tertiary/aromatic N) is 3. The van der Waals surface area contributed by atoms with Crippen LogP contribution in [0.4, 0.5) is 4.79 Å². The summed E-state index contributed by atoms with van der Waals surface area (Å²) in [7, 11) is 0. The van der Waals surface area contributed by atoms with E-state index in [0.717, 1.165) is 59.3 Å². The molecule has 1 unspecified atom stereocenters. The smallest absolute Gasteiger partial charge is 0.409 e. The number of rotatable bonds is 4. The van der Waals surface area contributed by atoms with Crippen LogP contribution in [0.15, 0.2) is 18.2 Å². The van der Waals surface area contributed by atoms with Crippen molar-refractivity contribution in [3.8, 4) is 12.3 Å². The molecule has 0 spiro atoms. The lowest BCUT2D eigenvalue weighted by molar-refractivity contribution is 0.0414. The van der Waals surface area contributed by atoms with Crippen LogP contribution in [0.3, 0.4) is 0 Å². The summed E-state index contributed by atoms with van der Waals surface area (Å²) in [6.45, 7) is 5.70. The van der Waals surface area contributed by atoms with Crippen molar-refractivity contribution >= 4 is 48.0 Å². The highest BCUT2D eigenvalue weighted by atomic mass is 35.5. The molecule has 0 bridgehead atoms. The first kappa shape index (κ1) is 26.2. The van der Waals surface area contributed by atoms with Gasteiger partial charge in [0.1, 0.15) is 0 Å². The fourth-order valence-corrected chi connectivity index (χ4v) is 5.17. The Balaban J connectivity index is 0.00000324. The van der Waals surface area contributed by atoms with Crippen LogP contribution in [0.1, 0.15) is 54.7 Å². The van der Waals surface area contributed by atoms with Crippen molar-refractivity contribution in [2.45, 2.75) is 52.0 Å². The van der Waals surface area contributed by atoms with Gasteiger partial charge in [0, 0.05) is 48.7 Å². The molecule has 34 heavy (non-hydrogen) atoms. The minimum atomic E-state index is -0.312. The lowest BCUT2D eigenvalue weighted by Gasteiger charge is -2.39. The Labute approximate surface area is 213 Å². The molecule has 8 heteroatoms. The zero-order valence-corrected chi connectivity index (χ0v) is 21.5. The number of terminal acetylenes is 1. The summed E-state index contributed by atoms with van der Waals surface area (Å²) < 4.78 is 5.24. The van der Waals surface area contributed by atoms with Crippen LogP contribution in [0.2, 0.25) is 5.02 Å². The Morgan fingerprint density at radius 1 is 1.32 bits per heavy atom. The molecule has 0 saturated carbocycles. The van der Waals surface area contributed by atoms with E-state index >= 15 is 0 Å². The fourth-order valence-electron chi connectivity index (χ4n) is 4.80. The van der Waals surface area contributed by atoms with Crippen molar-refractivity contribution < 1.29 is 14.3 Å². The highest BCUT2D eigenvalue weighted by molar-refractivity contribution is 7.59. The maximum atomic E-state index is 13.3. The SMILES string of the molecule is C#CCC1CCc2c(nc3cc(C(=O)N4CCN(C(=O)OCCC)C[C@@H]4C)ccc3c2Cl)C1.S. The number of benzene rings is 1. The van der Waals surface area contributed by atoms with Gasteiger partial charge in [0.2, 0.25) is 0 Å². The molecule has 1 aliphatic heterocycles. The average Bonchev–Trinajstić information content (AvgIpc) is 2.82. The van der Waals surface area contributed by atoms with Crippen LogP contribution in [0.5, 0.6) is 0 Å². The summed E-state index contributed by atoms with van der Waals surface area (Å²) >= 11 is 6.74. The van der Waals surface area contributed by atoms with E-state index in [2.05, 4.69) is 5.92 Å². The Bertz CT molecular complexity index is 1120. The summed E-state index contributed by atoms with van der Waals surface area (Å²) in [4.78, 5) is 33.9. The molecular formula is C26H32ClN3O3S. The van der Waals surface area contributed by atoms with Gasteiger partial charge in [-0.2, -0.15) is 13.5 Å². The normalized spacial score (nSPS) is 19.7. The number of halogens is 1. The van der Waals surface area contributed by atoms with Gasteiger partial charge in [0.15, 0.2) is 0 Å². The van der Waals surface area contributed by atoms with Crippen LogP contribution < -0.4 is 0 Å². The van der Waals surface area contributed by atoms with E-state index in [9.17, 15) is 9.59 Å². The number of carbonyl (C=O) groups excluding carboxylic acids is 2. The van der Waals surface area contributed by atoms with Gasteiger partial charge in [0.25, 0.3) is 5.91 Å². The number of pyridine rings is 1. The quantitative estimate of drug-likeness (QED) is 0.563. The zero-order valence-electron chi connectivity index (χ0n) is 19.8. The number of amides is 2. The second-order valence-electron chi connectivity index (χ2n) is 9.01. The molecule has 0 radical (unpaired) electrons. The van der Waals surface area contributed by atoms with Crippen molar-refractivity contribution in [2.75, 3.05) is 26.2 Å². The molecule has 2 amide bonds. The lowest BCUT2D eigenvalue weighted by Crippen LogP contribution is -2.55. The van der Waals surface area contributed by atoms with E-state index in [1.165, 1.54) is 0 Å². The van der Waals surface area contributed by atoms with Gasteiger partial charge in [-0.15, -0.1) is 12.3 Å². The molecule has 1 aromatic carbocycles. The summed E-state index contributed by atoms with van der Waals surface area (Å²) in [6.07, 6.45) is 9.45. The Kier molecular flexibility index (Phi) is 8.72. The summed E-state index contributed by atoms with van der Waals surface area (Å²) in [5, 5.41) is 1.61. The molecule has 1 aromatic heterocycles. The van der Waals surface area contributed by atoms with Crippen molar-refractivity contribution in [2.24, 2.45) is 5.92 Å².